The summed E-state index contributed by atoms with van der Waals surface area (Å²) in [7, 11) is -22.0. The Balaban J connectivity index is 0. The molecule has 15 nitrogen and oxygen atoms in total. The van der Waals surface area contributed by atoms with Crippen molar-refractivity contribution in [3.63, 3.8) is 0 Å². The standard InChI is InChI=1S/C14H35NO12P4.C2H8N2/c1-5-9-14(30(22,23)24,31(25,26-11-7-3)27-12-8-4)15(10-6-2)13(28(16,17)18)29(19,20)21;3-1-2-4/h13H,5-12H2,1-4H3,(H2,16,17,18)(H2,19,20,21)(H2,22,23,24);1-4H2. The number of nitrogens with zero attached hydrogens (tertiary/aromatic N) is 1. The Morgan fingerprint density at radius 2 is 1.14 bits per heavy atom. The van der Waals surface area contributed by atoms with Crippen LogP contribution in [0.2, 0.25) is 0 Å². The Kier molecular flexibility index (Phi) is 17.7. The molecule has 10 N–H and O–H groups in total. The first-order valence-corrected chi connectivity index (χ1v) is 17.7. The molecule has 0 radical (unpaired) electrons. The molecule has 0 aromatic carbocycles. The fraction of sp³-hybridized carbons (Fsp3) is 1.00. The van der Waals surface area contributed by atoms with Crippen LogP contribution >= 0.6 is 30.4 Å². The van der Waals surface area contributed by atoms with E-state index in [4.69, 9.17) is 20.5 Å². The van der Waals surface area contributed by atoms with Gasteiger partial charge in [0.1, 0.15) is 0 Å². The Morgan fingerprint density at radius 1 is 0.743 bits per heavy atom. The topological polar surface area (TPSA) is 263 Å². The van der Waals surface area contributed by atoms with E-state index in [-0.39, 0.29) is 43.8 Å². The molecule has 214 valence electrons. The average molecular weight is 593 g/mol. The zero-order valence-electron chi connectivity index (χ0n) is 20.7. The molecule has 35 heavy (non-hydrogen) atoms. The van der Waals surface area contributed by atoms with Crippen LogP contribution in [0, 0.1) is 0 Å². The summed E-state index contributed by atoms with van der Waals surface area (Å²) in [5.41, 5.74) is 6.85. The van der Waals surface area contributed by atoms with Crippen molar-refractivity contribution < 1.29 is 56.7 Å². The number of hydrogen-bond acceptors (Lipinski definition) is 9. The van der Waals surface area contributed by atoms with E-state index in [1.165, 1.54) is 13.8 Å². The maximum absolute atomic E-state index is 14.0. The van der Waals surface area contributed by atoms with Crippen molar-refractivity contribution in [2.24, 2.45) is 11.5 Å². The highest BCUT2D eigenvalue weighted by atomic mass is 31.2. The predicted molar refractivity (Wildman–Crippen MR) is 133 cm³/mol. The molecule has 0 aromatic heterocycles. The Morgan fingerprint density at radius 3 is 1.37 bits per heavy atom. The van der Waals surface area contributed by atoms with Crippen molar-refractivity contribution in [2.75, 3.05) is 32.8 Å². The van der Waals surface area contributed by atoms with Crippen molar-refractivity contribution in [3.8, 4) is 0 Å². The van der Waals surface area contributed by atoms with E-state index in [1.807, 2.05) is 0 Å². The fourth-order valence-electron chi connectivity index (χ4n) is 3.19. The average Bonchev–Trinajstić information content (AvgIpc) is 2.71. The SMILES string of the molecule is CCCOP(=O)(OCCC)C(CCC)(N(CCC)C(P(=O)(O)O)P(=O)(O)O)P(=O)(O)O.NCCN. The van der Waals surface area contributed by atoms with Crippen LogP contribution in [0.25, 0.3) is 0 Å². The van der Waals surface area contributed by atoms with E-state index < -0.39 is 53.9 Å². The van der Waals surface area contributed by atoms with Gasteiger partial charge in [0.15, 0.2) is 0 Å². The molecule has 0 amide bonds. The molecular weight excluding hydrogens is 550 g/mol. The predicted octanol–water partition coefficient (Wildman–Crippen LogP) is 1.92. The fourth-order valence-corrected chi connectivity index (χ4v) is 11.5. The molecule has 0 heterocycles. The number of nitrogens with two attached hydrogens (primary N) is 2. The van der Waals surface area contributed by atoms with Gasteiger partial charge in [-0.3, -0.25) is 23.2 Å². The highest BCUT2D eigenvalue weighted by Gasteiger charge is 2.70. The van der Waals surface area contributed by atoms with Crippen LogP contribution in [0.5, 0.6) is 0 Å². The third-order valence-corrected chi connectivity index (χ3v) is 13.3. The van der Waals surface area contributed by atoms with Crippen LogP contribution in [-0.2, 0) is 27.3 Å². The monoisotopic (exact) mass is 593 g/mol. The molecule has 0 aliphatic rings. The second-order valence-electron chi connectivity index (χ2n) is 7.53. The summed E-state index contributed by atoms with van der Waals surface area (Å²) >= 11 is 0. The van der Waals surface area contributed by atoms with Gasteiger partial charge in [0, 0.05) is 19.6 Å². The summed E-state index contributed by atoms with van der Waals surface area (Å²) in [6, 6.07) is 0. The van der Waals surface area contributed by atoms with Crippen molar-refractivity contribution in [3.05, 3.63) is 0 Å². The van der Waals surface area contributed by atoms with E-state index in [1.54, 1.807) is 13.8 Å². The van der Waals surface area contributed by atoms with Gasteiger partial charge in [-0.2, -0.15) is 0 Å². The van der Waals surface area contributed by atoms with Crippen LogP contribution in [0.3, 0.4) is 0 Å². The third kappa shape index (κ3) is 10.6. The lowest BCUT2D eigenvalue weighted by Crippen LogP contribution is -2.54. The van der Waals surface area contributed by atoms with Gasteiger partial charge in [-0.15, -0.1) is 0 Å². The Labute approximate surface area is 207 Å². The molecule has 0 aliphatic carbocycles. The van der Waals surface area contributed by atoms with E-state index in [0.717, 1.165) is 0 Å². The number of hydrogen-bond donors (Lipinski definition) is 8. The molecule has 1 atom stereocenters. The normalized spacial score (nSPS) is 15.1. The van der Waals surface area contributed by atoms with Gasteiger partial charge in [0.2, 0.25) is 10.5 Å². The summed E-state index contributed by atoms with van der Waals surface area (Å²) in [6.07, 6.45) is -0.259. The first-order valence-electron chi connectivity index (χ1n) is 11.1. The quantitative estimate of drug-likeness (QED) is 0.112. The van der Waals surface area contributed by atoms with E-state index in [2.05, 4.69) is 0 Å². The zero-order valence-corrected chi connectivity index (χ0v) is 24.2. The number of rotatable bonds is 17. The van der Waals surface area contributed by atoms with Crippen molar-refractivity contribution in [1.82, 2.24) is 4.90 Å². The van der Waals surface area contributed by atoms with Gasteiger partial charge in [0.25, 0.3) is 0 Å². The molecule has 0 bridgehead atoms. The molecule has 0 saturated carbocycles. The largest absolute Gasteiger partial charge is 0.363 e. The second-order valence-corrected chi connectivity index (χ2v) is 15.7. The summed E-state index contributed by atoms with van der Waals surface area (Å²) in [5.74, 6) is 0. The summed E-state index contributed by atoms with van der Waals surface area (Å²) in [5, 5.41) is -3.03. The molecule has 0 aliphatic heterocycles. The van der Waals surface area contributed by atoms with E-state index in [9.17, 15) is 47.6 Å². The summed E-state index contributed by atoms with van der Waals surface area (Å²) in [4.78, 5) is 60.2. The second kappa shape index (κ2) is 16.4. The minimum absolute atomic E-state index is 0.0382. The van der Waals surface area contributed by atoms with Gasteiger partial charge in [-0.25, -0.2) is 0 Å². The lowest BCUT2D eigenvalue weighted by Gasteiger charge is -2.49. The van der Waals surface area contributed by atoms with Gasteiger partial charge in [-0.05, 0) is 25.7 Å². The molecule has 0 aromatic rings. The summed E-state index contributed by atoms with van der Waals surface area (Å²) < 4.78 is 61.9. The molecule has 0 spiro atoms. The molecular formula is C16H43N3O12P4. The zero-order chi connectivity index (χ0) is 28.1. The lowest BCUT2D eigenvalue weighted by molar-refractivity contribution is 0.107. The van der Waals surface area contributed by atoms with Gasteiger partial charge in [0.05, 0.1) is 13.2 Å². The van der Waals surface area contributed by atoms with Crippen molar-refractivity contribution in [2.45, 2.75) is 70.3 Å². The van der Waals surface area contributed by atoms with Crippen LogP contribution in [0.15, 0.2) is 0 Å². The molecule has 0 fully saturated rings. The van der Waals surface area contributed by atoms with Crippen LogP contribution in [0.1, 0.15) is 59.8 Å². The lowest BCUT2D eigenvalue weighted by atomic mass is 10.3. The molecule has 0 saturated heterocycles. The molecule has 0 rings (SSSR count). The summed E-state index contributed by atoms with van der Waals surface area (Å²) in [6.45, 7) is 6.21. The maximum Gasteiger partial charge on any atom is 0.363 e. The highest BCUT2D eigenvalue weighted by Crippen LogP contribution is 2.79. The molecule has 1 unspecified atom stereocenters. The van der Waals surface area contributed by atoms with Crippen LogP contribution in [-0.4, -0.2) is 77.7 Å². The third-order valence-electron chi connectivity index (χ3n) is 4.39. The van der Waals surface area contributed by atoms with Crippen molar-refractivity contribution in [1.29, 1.82) is 0 Å². The van der Waals surface area contributed by atoms with Crippen LogP contribution in [0.4, 0.5) is 0 Å². The maximum atomic E-state index is 14.0. The van der Waals surface area contributed by atoms with E-state index >= 15 is 0 Å². The minimum Gasteiger partial charge on any atom is -0.329 e. The first-order chi connectivity index (χ1) is 15.9. The minimum atomic E-state index is -5.71. The van der Waals surface area contributed by atoms with Crippen LogP contribution < -0.4 is 11.5 Å². The Hall–Kier alpha value is 0.480. The van der Waals surface area contributed by atoms with Gasteiger partial charge < -0.3 is 49.9 Å². The van der Waals surface area contributed by atoms with Gasteiger partial charge >= 0.3 is 30.4 Å². The highest BCUT2D eigenvalue weighted by molar-refractivity contribution is 7.74. The van der Waals surface area contributed by atoms with Gasteiger partial charge in [-0.1, -0.05) is 34.1 Å². The Bertz CT molecular complexity index is 750. The van der Waals surface area contributed by atoms with Crippen molar-refractivity contribution >= 4 is 30.4 Å². The first kappa shape index (κ1) is 37.6. The molecule has 19 heteroatoms. The smallest absolute Gasteiger partial charge is 0.329 e. The van der Waals surface area contributed by atoms with E-state index in [0.29, 0.717) is 13.1 Å².